The van der Waals surface area contributed by atoms with Crippen molar-refractivity contribution in [3.63, 3.8) is 0 Å². The minimum Gasteiger partial charge on any atom is -0.359 e. The first-order valence-corrected chi connectivity index (χ1v) is 10.7. The van der Waals surface area contributed by atoms with Gasteiger partial charge in [-0.1, -0.05) is 30.3 Å². The summed E-state index contributed by atoms with van der Waals surface area (Å²) in [5, 5.41) is 7.26. The number of aromatic nitrogens is 1. The zero-order valence-corrected chi connectivity index (χ0v) is 18.0. The highest BCUT2D eigenvalue weighted by Gasteiger charge is 2.22. The zero-order chi connectivity index (χ0) is 21.8. The van der Waals surface area contributed by atoms with E-state index < -0.39 is 0 Å². The Kier molecular flexibility index (Phi) is 6.09. The number of nitrogens with one attached hydrogen (secondary N) is 2. The third-order valence-electron chi connectivity index (χ3n) is 4.87. The highest BCUT2D eigenvalue weighted by Crippen LogP contribution is 2.37. The van der Waals surface area contributed by atoms with E-state index in [2.05, 4.69) is 15.6 Å². The number of aryl methyl sites for hydroxylation is 2. The van der Waals surface area contributed by atoms with Crippen molar-refractivity contribution in [2.45, 2.75) is 19.9 Å². The first-order valence-electron chi connectivity index (χ1n) is 9.91. The maximum absolute atomic E-state index is 13.6. The molecule has 0 fully saturated rings. The maximum Gasteiger partial charge on any atom is 0.256 e. The summed E-state index contributed by atoms with van der Waals surface area (Å²) in [4.78, 5) is 18.3. The Morgan fingerprint density at radius 3 is 2.45 bits per heavy atom. The van der Waals surface area contributed by atoms with E-state index in [4.69, 9.17) is 0 Å². The highest BCUT2D eigenvalue weighted by molar-refractivity contribution is 7.16. The smallest absolute Gasteiger partial charge is 0.256 e. The van der Waals surface area contributed by atoms with E-state index in [0.717, 1.165) is 26.6 Å². The first kappa shape index (κ1) is 20.8. The Hall–Kier alpha value is -3.51. The molecular weight excluding hydrogens is 409 g/mol. The third-order valence-corrected chi connectivity index (χ3v) is 5.85. The molecule has 0 saturated carbocycles. The molecule has 0 unspecified atom stereocenters. The van der Waals surface area contributed by atoms with Crippen LogP contribution in [0.3, 0.4) is 0 Å². The number of carbonyl (C=O) groups excluding carboxylic acids is 1. The molecule has 0 saturated heterocycles. The molecule has 0 aliphatic heterocycles. The predicted molar refractivity (Wildman–Crippen MR) is 124 cm³/mol. The lowest BCUT2D eigenvalue weighted by Crippen LogP contribution is -2.17. The van der Waals surface area contributed by atoms with Crippen molar-refractivity contribution < 1.29 is 9.18 Å². The Morgan fingerprint density at radius 2 is 1.74 bits per heavy atom. The van der Waals surface area contributed by atoms with Crippen LogP contribution < -0.4 is 10.6 Å². The summed E-state index contributed by atoms with van der Waals surface area (Å²) >= 11 is 1.51. The number of amides is 1. The standard InChI is InChI=1S/C25H22FN3OS/c1-16-12-13-27-22(14-16)28-23(18-8-10-20(26)11-9-18)21-15-17(2)31-25(21)29-24(30)19-6-4-3-5-7-19/h3-15,23H,1-2H3,(H,27,28)(H,29,30)/t23-/m0/s1. The normalized spacial score (nSPS) is 11.7. The third kappa shape index (κ3) is 4.98. The van der Waals surface area contributed by atoms with Gasteiger partial charge in [0, 0.05) is 22.2 Å². The summed E-state index contributed by atoms with van der Waals surface area (Å²) in [5.41, 5.74) is 3.44. The fourth-order valence-electron chi connectivity index (χ4n) is 3.37. The summed E-state index contributed by atoms with van der Waals surface area (Å²) < 4.78 is 13.6. The molecule has 0 radical (unpaired) electrons. The van der Waals surface area contributed by atoms with Gasteiger partial charge < -0.3 is 10.6 Å². The number of hydrogen-bond donors (Lipinski definition) is 2. The second-order valence-electron chi connectivity index (χ2n) is 7.31. The predicted octanol–water partition coefficient (Wildman–Crippen LogP) is 6.35. The quantitative estimate of drug-likeness (QED) is 0.374. The van der Waals surface area contributed by atoms with Crippen LogP contribution in [0.1, 0.15) is 38.0 Å². The lowest BCUT2D eigenvalue weighted by molar-refractivity contribution is 0.102. The Bertz CT molecular complexity index is 1190. The number of halogens is 1. The molecule has 2 aromatic heterocycles. The lowest BCUT2D eigenvalue weighted by Gasteiger charge is -2.21. The van der Waals surface area contributed by atoms with Gasteiger partial charge in [-0.15, -0.1) is 11.3 Å². The SMILES string of the molecule is Cc1ccnc(N[C@@H](c2ccc(F)cc2)c2cc(C)sc2NC(=O)c2ccccc2)c1. The monoisotopic (exact) mass is 431 g/mol. The van der Waals surface area contributed by atoms with E-state index in [1.54, 1.807) is 30.5 Å². The van der Waals surface area contributed by atoms with Crippen molar-refractivity contribution in [1.29, 1.82) is 0 Å². The molecular formula is C25H22FN3OS. The van der Waals surface area contributed by atoms with Crippen LogP contribution >= 0.6 is 11.3 Å². The fourth-order valence-corrected chi connectivity index (χ4v) is 4.32. The second kappa shape index (κ2) is 9.10. The molecule has 0 spiro atoms. The topological polar surface area (TPSA) is 54.0 Å². The van der Waals surface area contributed by atoms with Gasteiger partial charge in [0.1, 0.15) is 16.6 Å². The molecule has 156 valence electrons. The van der Waals surface area contributed by atoms with Gasteiger partial charge in [-0.05, 0) is 67.4 Å². The molecule has 0 aliphatic rings. The van der Waals surface area contributed by atoms with Crippen LogP contribution in [-0.4, -0.2) is 10.9 Å². The molecule has 4 aromatic rings. The number of benzene rings is 2. The zero-order valence-electron chi connectivity index (χ0n) is 17.2. The van der Waals surface area contributed by atoms with Gasteiger partial charge in [0.15, 0.2) is 0 Å². The minimum atomic E-state index is -0.314. The van der Waals surface area contributed by atoms with Crippen LogP contribution in [0.4, 0.5) is 15.2 Å². The number of rotatable bonds is 6. The number of anilines is 2. The summed E-state index contributed by atoms with van der Waals surface area (Å²) in [6.45, 7) is 4.00. The number of thiophene rings is 1. The number of pyridine rings is 1. The van der Waals surface area contributed by atoms with Gasteiger partial charge in [-0.2, -0.15) is 0 Å². The number of carbonyl (C=O) groups is 1. The van der Waals surface area contributed by atoms with Gasteiger partial charge in [0.25, 0.3) is 5.91 Å². The maximum atomic E-state index is 13.6. The van der Waals surface area contributed by atoms with E-state index >= 15 is 0 Å². The van der Waals surface area contributed by atoms with Crippen molar-refractivity contribution >= 4 is 28.1 Å². The van der Waals surface area contributed by atoms with Crippen molar-refractivity contribution in [3.8, 4) is 0 Å². The largest absolute Gasteiger partial charge is 0.359 e. The molecule has 1 atom stereocenters. The van der Waals surface area contributed by atoms with Gasteiger partial charge in [0.2, 0.25) is 0 Å². The van der Waals surface area contributed by atoms with E-state index in [1.807, 2.05) is 50.2 Å². The fraction of sp³-hybridized carbons (Fsp3) is 0.120. The van der Waals surface area contributed by atoms with Crippen LogP contribution in [0.2, 0.25) is 0 Å². The Labute approximate surface area is 184 Å². The average Bonchev–Trinajstić information content (AvgIpc) is 3.13. The number of nitrogens with zero attached hydrogens (tertiary/aromatic N) is 1. The molecule has 1 amide bonds. The summed E-state index contributed by atoms with van der Waals surface area (Å²) in [7, 11) is 0. The Morgan fingerprint density at radius 1 is 1.00 bits per heavy atom. The molecule has 0 aliphatic carbocycles. The lowest BCUT2D eigenvalue weighted by atomic mass is 9.99. The van der Waals surface area contributed by atoms with E-state index in [9.17, 15) is 9.18 Å². The van der Waals surface area contributed by atoms with Crippen molar-refractivity contribution in [3.05, 3.63) is 112 Å². The molecule has 0 bridgehead atoms. The molecule has 2 heterocycles. The van der Waals surface area contributed by atoms with Crippen molar-refractivity contribution in [1.82, 2.24) is 4.98 Å². The van der Waals surface area contributed by atoms with Crippen LogP contribution in [0.25, 0.3) is 0 Å². The van der Waals surface area contributed by atoms with Crippen molar-refractivity contribution in [2.75, 3.05) is 10.6 Å². The van der Waals surface area contributed by atoms with Gasteiger partial charge >= 0.3 is 0 Å². The molecule has 4 rings (SSSR count). The molecule has 2 aromatic carbocycles. The van der Waals surface area contributed by atoms with Crippen molar-refractivity contribution in [2.24, 2.45) is 0 Å². The van der Waals surface area contributed by atoms with Crippen LogP contribution in [0, 0.1) is 19.7 Å². The molecule has 31 heavy (non-hydrogen) atoms. The van der Waals surface area contributed by atoms with Crippen LogP contribution in [0.5, 0.6) is 0 Å². The molecule has 4 nitrogen and oxygen atoms in total. The average molecular weight is 432 g/mol. The number of hydrogen-bond acceptors (Lipinski definition) is 4. The molecule has 2 N–H and O–H groups in total. The van der Waals surface area contributed by atoms with Gasteiger partial charge in [-0.25, -0.2) is 9.37 Å². The van der Waals surface area contributed by atoms with E-state index in [0.29, 0.717) is 11.4 Å². The minimum absolute atomic E-state index is 0.171. The van der Waals surface area contributed by atoms with Crippen LogP contribution in [0.15, 0.2) is 79.0 Å². The van der Waals surface area contributed by atoms with Crippen LogP contribution in [-0.2, 0) is 0 Å². The van der Waals surface area contributed by atoms with E-state index in [1.165, 1.54) is 23.5 Å². The first-order chi connectivity index (χ1) is 15.0. The van der Waals surface area contributed by atoms with E-state index in [-0.39, 0.29) is 17.8 Å². The summed E-state index contributed by atoms with van der Waals surface area (Å²) in [6.07, 6.45) is 1.75. The summed E-state index contributed by atoms with van der Waals surface area (Å²) in [5.74, 6) is 0.240. The molecule has 6 heteroatoms. The van der Waals surface area contributed by atoms with Gasteiger partial charge in [-0.3, -0.25) is 4.79 Å². The van der Waals surface area contributed by atoms with Gasteiger partial charge in [0.05, 0.1) is 6.04 Å². The summed E-state index contributed by atoms with van der Waals surface area (Å²) in [6, 6.07) is 21.1. The second-order valence-corrected chi connectivity index (χ2v) is 8.57. The Balaban J connectivity index is 1.72. The highest BCUT2D eigenvalue weighted by atomic mass is 32.1.